The molecular formula is C11H20N2O4. The van der Waals surface area contributed by atoms with Crippen molar-refractivity contribution in [1.29, 1.82) is 0 Å². The molecule has 1 heterocycles. The van der Waals surface area contributed by atoms with Gasteiger partial charge in [-0.2, -0.15) is 0 Å². The highest BCUT2D eigenvalue weighted by Crippen LogP contribution is 2.19. The van der Waals surface area contributed by atoms with Crippen LogP contribution in [0.15, 0.2) is 0 Å². The number of likely N-dealkylation sites (N-methyl/N-ethyl adjacent to an activating group) is 1. The van der Waals surface area contributed by atoms with Crippen molar-refractivity contribution in [3.63, 3.8) is 0 Å². The number of carboxylic acid groups (broad SMARTS) is 1. The van der Waals surface area contributed by atoms with Gasteiger partial charge in [-0.15, -0.1) is 0 Å². The molecule has 1 aliphatic heterocycles. The van der Waals surface area contributed by atoms with E-state index in [0.29, 0.717) is 0 Å². The predicted octanol–water partition coefficient (Wildman–Crippen LogP) is 0.526. The van der Waals surface area contributed by atoms with Gasteiger partial charge >= 0.3 is 12.0 Å². The number of hydrogen-bond acceptors (Lipinski definition) is 3. The quantitative estimate of drug-likeness (QED) is 0.742. The normalized spacial score (nSPS) is 24.5. The highest BCUT2D eigenvalue weighted by atomic mass is 16.5. The number of carbonyl (C=O) groups excluding carboxylic acids is 1. The summed E-state index contributed by atoms with van der Waals surface area (Å²) in [7, 11) is 1.59. The Morgan fingerprint density at radius 2 is 1.94 bits per heavy atom. The number of aliphatic carboxylic acids is 1. The average Bonchev–Trinajstić information content (AvgIpc) is 2.61. The summed E-state index contributed by atoms with van der Waals surface area (Å²) in [5, 5.41) is 11.8. The first kappa shape index (κ1) is 13.8. The molecule has 0 radical (unpaired) electrons. The lowest BCUT2D eigenvalue weighted by molar-refractivity contribution is -0.142. The van der Waals surface area contributed by atoms with Gasteiger partial charge < -0.3 is 20.1 Å². The molecule has 0 aromatic carbocycles. The number of amides is 2. The van der Waals surface area contributed by atoms with Gasteiger partial charge in [-0.1, -0.05) is 0 Å². The third-order valence-corrected chi connectivity index (χ3v) is 2.67. The van der Waals surface area contributed by atoms with Gasteiger partial charge in [0.2, 0.25) is 0 Å². The topological polar surface area (TPSA) is 78.9 Å². The number of nitrogens with one attached hydrogen (secondary N) is 1. The van der Waals surface area contributed by atoms with Gasteiger partial charge in [0.1, 0.15) is 5.92 Å². The molecule has 98 valence electrons. The Morgan fingerprint density at radius 3 is 2.41 bits per heavy atom. The maximum Gasteiger partial charge on any atom is 0.317 e. The molecule has 0 aliphatic carbocycles. The van der Waals surface area contributed by atoms with E-state index >= 15 is 0 Å². The molecule has 0 saturated carbocycles. The number of rotatable bonds is 2. The second-order valence-corrected chi connectivity index (χ2v) is 5.34. The van der Waals surface area contributed by atoms with Gasteiger partial charge in [0.05, 0.1) is 19.3 Å². The fourth-order valence-electron chi connectivity index (χ4n) is 1.72. The van der Waals surface area contributed by atoms with Crippen LogP contribution in [-0.2, 0) is 9.53 Å². The second-order valence-electron chi connectivity index (χ2n) is 5.34. The predicted molar refractivity (Wildman–Crippen MR) is 61.8 cm³/mol. The first-order chi connectivity index (χ1) is 7.72. The maximum absolute atomic E-state index is 11.9. The lowest BCUT2D eigenvalue weighted by Gasteiger charge is -2.30. The fourth-order valence-corrected chi connectivity index (χ4v) is 1.72. The van der Waals surface area contributed by atoms with E-state index < -0.39 is 17.9 Å². The van der Waals surface area contributed by atoms with Crippen LogP contribution in [0.2, 0.25) is 0 Å². The van der Waals surface area contributed by atoms with E-state index in [1.165, 1.54) is 4.90 Å². The van der Waals surface area contributed by atoms with Crippen molar-refractivity contribution < 1.29 is 19.4 Å². The van der Waals surface area contributed by atoms with E-state index in [0.717, 1.165) is 0 Å². The highest BCUT2D eigenvalue weighted by Gasteiger charge is 2.38. The minimum atomic E-state index is -0.928. The second kappa shape index (κ2) is 4.91. The molecule has 0 bridgehead atoms. The molecule has 0 spiro atoms. The van der Waals surface area contributed by atoms with Gasteiger partial charge in [0.25, 0.3) is 0 Å². The molecule has 1 fully saturated rings. The van der Waals surface area contributed by atoms with Crippen LogP contribution in [0.5, 0.6) is 0 Å². The average molecular weight is 244 g/mol. The van der Waals surface area contributed by atoms with Gasteiger partial charge in [-0.25, -0.2) is 4.79 Å². The lowest BCUT2D eigenvalue weighted by Crippen LogP contribution is -2.52. The van der Waals surface area contributed by atoms with Gasteiger partial charge in [0.15, 0.2) is 0 Å². The smallest absolute Gasteiger partial charge is 0.317 e. The summed E-state index contributed by atoms with van der Waals surface area (Å²) in [5.74, 6) is -1.58. The Morgan fingerprint density at radius 1 is 1.35 bits per heavy atom. The zero-order valence-electron chi connectivity index (χ0n) is 10.7. The molecule has 2 N–H and O–H groups in total. The molecule has 1 rings (SSSR count). The summed E-state index contributed by atoms with van der Waals surface area (Å²) in [6.07, 6.45) is 0. The first-order valence-corrected chi connectivity index (χ1v) is 5.58. The molecular weight excluding hydrogens is 224 g/mol. The van der Waals surface area contributed by atoms with Crippen LogP contribution >= 0.6 is 0 Å². The molecule has 2 unspecified atom stereocenters. The summed E-state index contributed by atoms with van der Waals surface area (Å²) in [4.78, 5) is 24.3. The van der Waals surface area contributed by atoms with Gasteiger partial charge in [-0.3, -0.25) is 4.79 Å². The van der Waals surface area contributed by atoms with E-state index in [-0.39, 0.29) is 24.8 Å². The Kier molecular flexibility index (Phi) is 3.98. The molecule has 2 amide bonds. The van der Waals surface area contributed by atoms with E-state index in [1.807, 2.05) is 20.8 Å². The fraction of sp³-hybridized carbons (Fsp3) is 0.818. The number of hydrogen-bond donors (Lipinski definition) is 2. The van der Waals surface area contributed by atoms with E-state index in [4.69, 9.17) is 9.84 Å². The summed E-state index contributed by atoms with van der Waals surface area (Å²) in [6.45, 7) is 6.05. The Hall–Kier alpha value is -1.30. The summed E-state index contributed by atoms with van der Waals surface area (Å²) in [5.41, 5.74) is -0.344. The van der Waals surface area contributed by atoms with Gasteiger partial charge in [0, 0.05) is 12.6 Å². The van der Waals surface area contributed by atoms with Crippen molar-refractivity contribution in [1.82, 2.24) is 10.2 Å². The minimum Gasteiger partial charge on any atom is -0.481 e. The number of ether oxygens (including phenoxy) is 1. The molecule has 2 atom stereocenters. The van der Waals surface area contributed by atoms with Crippen LogP contribution in [0.3, 0.4) is 0 Å². The molecule has 1 aliphatic rings. The summed E-state index contributed by atoms with van der Waals surface area (Å²) in [6, 6.07) is -0.686. The highest BCUT2D eigenvalue weighted by molar-refractivity contribution is 5.77. The Balaban J connectivity index is 2.66. The first-order valence-electron chi connectivity index (χ1n) is 5.58. The third kappa shape index (κ3) is 3.59. The van der Waals surface area contributed by atoms with Crippen molar-refractivity contribution in [2.75, 3.05) is 20.3 Å². The van der Waals surface area contributed by atoms with E-state index in [2.05, 4.69) is 5.32 Å². The van der Waals surface area contributed by atoms with Crippen molar-refractivity contribution in [2.24, 2.45) is 5.92 Å². The number of urea groups is 1. The molecule has 17 heavy (non-hydrogen) atoms. The summed E-state index contributed by atoms with van der Waals surface area (Å²) < 4.78 is 5.13. The molecule has 6 nitrogen and oxygen atoms in total. The van der Waals surface area contributed by atoms with Crippen molar-refractivity contribution in [3.8, 4) is 0 Å². The van der Waals surface area contributed by atoms with Gasteiger partial charge in [-0.05, 0) is 20.8 Å². The monoisotopic (exact) mass is 244 g/mol. The lowest BCUT2D eigenvalue weighted by atomic mass is 10.0. The number of nitrogens with zero attached hydrogens (tertiary/aromatic N) is 1. The van der Waals surface area contributed by atoms with Crippen LogP contribution in [-0.4, -0.2) is 53.8 Å². The maximum atomic E-state index is 11.9. The zero-order valence-corrected chi connectivity index (χ0v) is 10.7. The number of carboxylic acids is 1. The van der Waals surface area contributed by atoms with Crippen molar-refractivity contribution in [3.05, 3.63) is 0 Å². The zero-order chi connectivity index (χ0) is 13.2. The van der Waals surface area contributed by atoms with E-state index in [9.17, 15) is 9.59 Å². The minimum absolute atomic E-state index is 0.160. The Labute approximate surface area is 101 Å². The van der Waals surface area contributed by atoms with Crippen molar-refractivity contribution in [2.45, 2.75) is 32.4 Å². The largest absolute Gasteiger partial charge is 0.481 e. The SMILES string of the molecule is CN(C(=O)NC(C)(C)C)C1COCC1C(=O)O. The van der Waals surface area contributed by atoms with Crippen molar-refractivity contribution >= 4 is 12.0 Å². The molecule has 0 aromatic rings. The molecule has 6 heteroatoms. The Bertz CT molecular complexity index is 311. The van der Waals surface area contributed by atoms with Crippen LogP contribution in [0.25, 0.3) is 0 Å². The number of carbonyl (C=O) groups is 2. The van der Waals surface area contributed by atoms with Crippen LogP contribution in [0, 0.1) is 5.92 Å². The van der Waals surface area contributed by atoms with Crippen LogP contribution in [0.4, 0.5) is 4.79 Å². The molecule has 1 saturated heterocycles. The van der Waals surface area contributed by atoms with Crippen LogP contribution in [0.1, 0.15) is 20.8 Å². The molecule has 0 aromatic heterocycles. The van der Waals surface area contributed by atoms with E-state index in [1.54, 1.807) is 7.05 Å². The van der Waals surface area contributed by atoms with Crippen LogP contribution < -0.4 is 5.32 Å². The third-order valence-electron chi connectivity index (χ3n) is 2.67. The standard InChI is InChI=1S/C11H20N2O4/c1-11(2,3)12-10(16)13(4)8-6-17-5-7(8)9(14)15/h7-8H,5-6H2,1-4H3,(H,12,16)(H,14,15). The summed E-state index contributed by atoms with van der Waals surface area (Å²) >= 11 is 0.